The predicted molar refractivity (Wildman–Crippen MR) is 78.1 cm³/mol. The Bertz CT molecular complexity index is 770. The topological polar surface area (TPSA) is 110 Å². The van der Waals surface area contributed by atoms with Crippen LogP contribution in [-0.2, 0) is 16.6 Å². The van der Waals surface area contributed by atoms with Crippen molar-refractivity contribution in [2.45, 2.75) is 10.8 Å². The number of hydrogen-bond donors (Lipinski definition) is 2. The highest BCUT2D eigenvalue weighted by Crippen LogP contribution is 2.36. The van der Waals surface area contributed by atoms with Gasteiger partial charge in [0.15, 0.2) is 4.34 Å². The van der Waals surface area contributed by atoms with Crippen LogP contribution in [0.1, 0.15) is 5.56 Å². The van der Waals surface area contributed by atoms with Gasteiger partial charge < -0.3 is 5.11 Å². The maximum Gasteiger partial charge on any atom is 0.300 e. The molecule has 0 saturated carbocycles. The summed E-state index contributed by atoms with van der Waals surface area (Å²) in [6.45, 7) is -0.00801. The highest BCUT2D eigenvalue weighted by molar-refractivity contribution is 7.91. The van der Waals surface area contributed by atoms with E-state index in [1.54, 1.807) is 12.1 Å². The first kappa shape index (κ1) is 15.7. The van der Waals surface area contributed by atoms with Gasteiger partial charge >= 0.3 is 0 Å². The Kier molecular flexibility index (Phi) is 4.47. The van der Waals surface area contributed by atoms with Gasteiger partial charge in [-0.2, -0.15) is 0 Å². The fraction of sp³-hybridized carbons (Fsp3) is 0.0909. The normalized spacial score (nSPS) is 11.5. The average molecular weight is 349 g/mol. The zero-order chi connectivity index (χ0) is 15.6. The minimum Gasteiger partial charge on any atom is -0.508 e. The summed E-state index contributed by atoms with van der Waals surface area (Å²) in [6.07, 6.45) is 0. The molecule has 2 aromatic rings. The highest BCUT2D eigenvalue weighted by Gasteiger charge is 2.24. The summed E-state index contributed by atoms with van der Waals surface area (Å²) in [7, 11) is -3.89. The van der Waals surface area contributed by atoms with Gasteiger partial charge in [0.1, 0.15) is 9.96 Å². The third-order valence-corrected chi connectivity index (χ3v) is 5.72. The van der Waals surface area contributed by atoms with E-state index in [9.17, 15) is 18.5 Å². The van der Waals surface area contributed by atoms with Crippen LogP contribution in [0.15, 0.2) is 34.5 Å². The van der Waals surface area contributed by atoms with Gasteiger partial charge in [0.2, 0.25) is 0 Å². The number of nitro groups is 1. The van der Waals surface area contributed by atoms with Crippen LogP contribution in [0.5, 0.6) is 5.75 Å². The molecule has 0 amide bonds. The Morgan fingerprint density at radius 2 is 1.95 bits per heavy atom. The number of aromatic hydroxyl groups is 1. The lowest BCUT2D eigenvalue weighted by atomic mass is 10.2. The van der Waals surface area contributed by atoms with Crippen LogP contribution in [0.2, 0.25) is 4.34 Å². The molecule has 10 heteroatoms. The van der Waals surface area contributed by atoms with Gasteiger partial charge in [-0.05, 0) is 17.7 Å². The summed E-state index contributed by atoms with van der Waals surface area (Å²) in [6, 6.07) is 6.89. The number of hydrogen-bond acceptors (Lipinski definition) is 6. The predicted octanol–water partition coefficient (Wildman–Crippen LogP) is 2.49. The molecule has 1 aromatic carbocycles. The summed E-state index contributed by atoms with van der Waals surface area (Å²) in [4.78, 5) is 9.92. The zero-order valence-electron chi connectivity index (χ0n) is 10.3. The second-order valence-corrected chi connectivity index (χ2v) is 7.62. The van der Waals surface area contributed by atoms with Crippen molar-refractivity contribution < 1.29 is 18.4 Å². The van der Waals surface area contributed by atoms with Crippen LogP contribution in [0.3, 0.4) is 0 Å². The summed E-state index contributed by atoms with van der Waals surface area (Å²) in [5.41, 5.74) is 0.195. The quantitative estimate of drug-likeness (QED) is 0.637. The molecule has 0 saturated heterocycles. The van der Waals surface area contributed by atoms with Crippen LogP contribution in [0, 0.1) is 10.1 Å². The number of nitrogens with one attached hydrogen (secondary N) is 1. The molecule has 1 aromatic heterocycles. The molecule has 0 bridgehead atoms. The first-order valence-electron chi connectivity index (χ1n) is 5.51. The van der Waals surface area contributed by atoms with E-state index in [2.05, 4.69) is 4.72 Å². The van der Waals surface area contributed by atoms with E-state index in [-0.39, 0.29) is 20.8 Å². The monoisotopic (exact) mass is 348 g/mol. The minimum atomic E-state index is -3.89. The SMILES string of the molecule is O=[N+]([O-])c1cc(S(=O)(=O)NCc2ccc(O)cc2)sc1Cl. The molecule has 112 valence electrons. The molecule has 0 aliphatic heterocycles. The van der Waals surface area contributed by atoms with Gasteiger partial charge in [0, 0.05) is 12.6 Å². The number of benzene rings is 1. The molecule has 0 fully saturated rings. The van der Waals surface area contributed by atoms with Crippen molar-refractivity contribution in [3.8, 4) is 5.75 Å². The standard InChI is InChI=1S/C11H9ClN2O5S2/c12-11-9(14(16)17)5-10(20-11)21(18,19)13-6-7-1-3-8(15)4-2-7/h1-5,13,15H,6H2. The largest absolute Gasteiger partial charge is 0.508 e. The van der Waals surface area contributed by atoms with Crippen molar-refractivity contribution in [3.63, 3.8) is 0 Å². The molecule has 0 unspecified atom stereocenters. The van der Waals surface area contributed by atoms with E-state index >= 15 is 0 Å². The van der Waals surface area contributed by atoms with Crippen molar-refractivity contribution in [2.24, 2.45) is 0 Å². The number of phenols is 1. The molecular weight excluding hydrogens is 340 g/mol. The van der Waals surface area contributed by atoms with Gasteiger partial charge in [-0.3, -0.25) is 10.1 Å². The lowest BCUT2D eigenvalue weighted by molar-refractivity contribution is -0.384. The van der Waals surface area contributed by atoms with Crippen LogP contribution in [-0.4, -0.2) is 18.4 Å². The average Bonchev–Trinajstić information content (AvgIpc) is 2.81. The fourth-order valence-corrected chi connectivity index (χ4v) is 4.19. The van der Waals surface area contributed by atoms with Crippen LogP contribution < -0.4 is 4.72 Å². The van der Waals surface area contributed by atoms with Crippen molar-refractivity contribution in [2.75, 3.05) is 0 Å². The number of halogens is 1. The number of rotatable bonds is 5. The second kappa shape index (κ2) is 5.98. The third kappa shape index (κ3) is 3.70. The molecular formula is C11H9ClN2O5S2. The molecule has 2 N–H and O–H groups in total. The summed E-state index contributed by atoms with van der Waals surface area (Å²) in [5.74, 6) is 0.0715. The smallest absolute Gasteiger partial charge is 0.300 e. The Balaban J connectivity index is 2.17. The van der Waals surface area contributed by atoms with E-state index in [1.807, 2.05) is 0 Å². The number of thiophene rings is 1. The first-order chi connectivity index (χ1) is 9.79. The van der Waals surface area contributed by atoms with E-state index < -0.39 is 20.6 Å². The molecule has 0 radical (unpaired) electrons. The van der Waals surface area contributed by atoms with Gasteiger partial charge in [-0.15, -0.1) is 11.3 Å². The van der Waals surface area contributed by atoms with Crippen molar-refractivity contribution in [1.29, 1.82) is 0 Å². The van der Waals surface area contributed by atoms with Crippen molar-refractivity contribution in [3.05, 3.63) is 50.3 Å². The molecule has 21 heavy (non-hydrogen) atoms. The number of phenolic OH excluding ortho intramolecular Hbond substituents is 1. The zero-order valence-corrected chi connectivity index (χ0v) is 12.7. The lowest BCUT2D eigenvalue weighted by Crippen LogP contribution is -2.22. The summed E-state index contributed by atoms with van der Waals surface area (Å²) in [5, 5.41) is 19.8. The summed E-state index contributed by atoms with van der Waals surface area (Å²) >= 11 is 6.26. The Labute approximate surface area is 129 Å². The Hall–Kier alpha value is -1.68. The van der Waals surface area contributed by atoms with Crippen molar-refractivity contribution in [1.82, 2.24) is 4.72 Å². The number of nitrogens with zero attached hydrogens (tertiary/aromatic N) is 1. The first-order valence-corrected chi connectivity index (χ1v) is 8.18. The van der Waals surface area contributed by atoms with E-state index in [0.717, 1.165) is 6.07 Å². The second-order valence-electron chi connectivity index (χ2n) is 3.97. The van der Waals surface area contributed by atoms with Gasteiger partial charge in [0.25, 0.3) is 15.7 Å². The molecule has 0 atom stereocenters. The van der Waals surface area contributed by atoms with E-state index in [4.69, 9.17) is 16.7 Å². The highest BCUT2D eigenvalue weighted by atomic mass is 35.5. The van der Waals surface area contributed by atoms with Crippen LogP contribution in [0.4, 0.5) is 5.69 Å². The van der Waals surface area contributed by atoms with Crippen molar-refractivity contribution >= 4 is 38.6 Å². The molecule has 1 heterocycles. The minimum absolute atomic E-state index is 0.00801. The number of sulfonamides is 1. The third-order valence-electron chi connectivity index (χ3n) is 2.51. The lowest BCUT2D eigenvalue weighted by Gasteiger charge is -2.04. The maximum absolute atomic E-state index is 12.0. The van der Waals surface area contributed by atoms with E-state index in [0.29, 0.717) is 16.9 Å². The van der Waals surface area contributed by atoms with Gasteiger partial charge in [-0.1, -0.05) is 23.7 Å². The fourth-order valence-electron chi connectivity index (χ4n) is 1.46. The molecule has 2 rings (SSSR count). The van der Waals surface area contributed by atoms with Gasteiger partial charge in [-0.25, -0.2) is 13.1 Å². The van der Waals surface area contributed by atoms with Gasteiger partial charge in [0.05, 0.1) is 4.92 Å². The molecule has 0 aliphatic carbocycles. The molecule has 0 spiro atoms. The van der Waals surface area contributed by atoms with Crippen LogP contribution >= 0.6 is 22.9 Å². The molecule has 0 aliphatic rings. The molecule has 7 nitrogen and oxygen atoms in total. The van der Waals surface area contributed by atoms with Crippen LogP contribution in [0.25, 0.3) is 0 Å². The van der Waals surface area contributed by atoms with E-state index in [1.165, 1.54) is 12.1 Å². The Morgan fingerprint density at radius 3 is 2.48 bits per heavy atom. The Morgan fingerprint density at radius 1 is 1.33 bits per heavy atom. The maximum atomic E-state index is 12.0. The summed E-state index contributed by atoms with van der Waals surface area (Å²) < 4.78 is 26.0.